The van der Waals surface area contributed by atoms with Crippen LogP contribution in [0, 0.1) is 10.1 Å². The zero-order chi connectivity index (χ0) is 23.4. The number of nitrogens with one attached hydrogen (secondary N) is 1. The number of hydrogen-bond acceptors (Lipinski definition) is 5. The molecule has 2 N–H and O–H groups in total. The summed E-state index contributed by atoms with van der Waals surface area (Å²) in [5, 5.41) is 14.7. The lowest BCUT2D eigenvalue weighted by Crippen LogP contribution is -2.08. The van der Waals surface area contributed by atoms with Crippen molar-refractivity contribution in [2.75, 3.05) is 5.32 Å². The summed E-state index contributed by atoms with van der Waals surface area (Å²) in [7, 11) is -4.64. The van der Waals surface area contributed by atoms with E-state index in [-0.39, 0.29) is 11.4 Å². The molecular formula is C24H34N2O5S. The van der Waals surface area contributed by atoms with Gasteiger partial charge in [0.25, 0.3) is 15.8 Å². The number of nitrogens with zero attached hydrogens (tertiary/aromatic N) is 1. The number of unbranched alkanes of at least 4 members (excludes halogenated alkanes) is 9. The Hall–Kier alpha value is -2.45. The average Bonchev–Trinajstić information content (AvgIpc) is 2.74. The zero-order valence-electron chi connectivity index (χ0n) is 18.8. The molecular weight excluding hydrogens is 428 g/mol. The van der Waals surface area contributed by atoms with Gasteiger partial charge in [0.15, 0.2) is 0 Å². The van der Waals surface area contributed by atoms with Crippen LogP contribution in [0.2, 0.25) is 0 Å². The third kappa shape index (κ3) is 8.24. The zero-order valence-corrected chi connectivity index (χ0v) is 19.6. The second-order valence-electron chi connectivity index (χ2n) is 8.10. The van der Waals surface area contributed by atoms with E-state index >= 15 is 0 Å². The van der Waals surface area contributed by atoms with E-state index in [0.29, 0.717) is 17.7 Å². The van der Waals surface area contributed by atoms with Crippen LogP contribution < -0.4 is 5.32 Å². The lowest BCUT2D eigenvalue weighted by molar-refractivity contribution is -0.384. The summed E-state index contributed by atoms with van der Waals surface area (Å²) in [4.78, 5) is 10.8. The molecule has 0 aliphatic carbocycles. The van der Waals surface area contributed by atoms with Crippen LogP contribution in [0.4, 0.5) is 17.1 Å². The van der Waals surface area contributed by atoms with Gasteiger partial charge in [0, 0.05) is 11.3 Å². The van der Waals surface area contributed by atoms with Crippen molar-refractivity contribution in [1.82, 2.24) is 0 Å². The summed E-state index contributed by atoms with van der Waals surface area (Å²) in [6.45, 7) is 2.21. The molecule has 32 heavy (non-hydrogen) atoms. The molecule has 7 nitrogen and oxygen atoms in total. The molecule has 8 heteroatoms. The van der Waals surface area contributed by atoms with Gasteiger partial charge >= 0.3 is 0 Å². The van der Waals surface area contributed by atoms with Gasteiger partial charge in [-0.2, -0.15) is 8.42 Å². The first-order chi connectivity index (χ1) is 15.3. The normalized spacial score (nSPS) is 11.4. The van der Waals surface area contributed by atoms with Gasteiger partial charge in [-0.1, -0.05) is 89.0 Å². The van der Waals surface area contributed by atoms with E-state index in [0.717, 1.165) is 25.7 Å². The molecule has 0 bridgehead atoms. The number of nitro groups is 1. The highest BCUT2D eigenvalue weighted by molar-refractivity contribution is 7.86. The van der Waals surface area contributed by atoms with E-state index < -0.39 is 19.9 Å². The molecule has 0 spiro atoms. The Kier molecular flexibility index (Phi) is 10.6. The number of nitro benzene ring substituents is 1. The van der Waals surface area contributed by atoms with Crippen LogP contribution in [0.5, 0.6) is 0 Å². The summed E-state index contributed by atoms with van der Waals surface area (Å²) >= 11 is 0. The molecule has 2 rings (SSSR count). The van der Waals surface area contributed by atoms with Crippen LogP contribution >= 0.6 is 0 Å². The van der Waals surface area contributed by atoms with E-state index in [1.54, 1.807) is 30.3 Å². The van der Waals surface area contributed by atoms with Gasteiger partial charge in [-0.25, -0.2) is 0 Å². The quantitative estimate of drug-likeness (QED) is 0.127. The molecule has 2 aromatic carbocycles. The molecule has 0 unspecified atom stereocenters. The van der Waals surface area contributed by atoms with Crippen LogP contribution in [0.15, 0.2) is 47.4 Å². The smallest absolute Gasteiger partial charge is 0.297 e. The van der Waals surface area contributed by atoms with E-state index in [9.17, 15) is 23.1 Å². The van der Waals surface area contributed by atoms with Crippen LogP contribution in [0.1, 0.15) is 76.7 Å². The lowest BCUT2D eigenvalue weighted by Gasteiger charge is -2.14. The van der Waals surface area contributed by atoms with Crippen LogP contribution in [-0.2, 0) is 16.5 Å². The maximum absolute atomic E-state index is 11.9. The predicted octanol–water partition coefficient (Wildman–Crippen LogP) is 7.05. The number of hydrogen-bond donors (Lipinski definition) is 2. The third-order valence-electron chi connectivity index (χ3n) is 5.53. The molecule has 0 saturated carbocycles. The number of benzene rings is 2. The monoisotopic (exact) mass is 462 g/mol. The first-order valence-corrected chi connectivity index (χ1v) is 12.9. The highest BCUT2D eigenvalue weighted by Crippen LogP contribution is 2.37. The minimum atomic E-state index is -4.64. The molecule has 0 saturated heterocycles. The Morgan fingerprint density at radius 2 is 1.44 bits per heavy atom. The Morgan fingerprint density at radius 1 is 0.875 bits per heavy atom. The first kappa shape index (κ1) is 25.8. The minimum Gasteiger partial charge on any atom is -0.349 e. The van der Waals surface area contributed by atoms with Gasteiger partial charge in [0.2, 0.25) is 0 Å². The van der Waals surface area contributed by atoms with Crippen molar-refractivity contribution in [3.8, 4) is 0 Å². The Bertz CT molecular complexity index is 962. The number of rotatable bonds is 15. The van der Waals surface area contributed by atoms with Crippen LogP contribution in [0.25, 0.3) is 0 Å². The van der Waals surface area contributed by atoms with Crippen molar-refractivity contribution < 1.29 is 17.9 Å². The maximum Gasteiger partial charge on any atom is 0.297 e. The predicted molar refractivity (Wildman–Crippen MR) is 128 cm³/mol. The summed E-state index contributed by atoms with van der Waals surface area (Å²) in [5.41, 5.74) is 0.449. The second-order valence-corrected chi connectivity index (χ2v) is 9.49. The molecule has 0 heterocycles. The van der Waals surface area contributed by atoms with Gasteiger partial charge in [0.1, 0.15) is 10.6 Å². The Labute approximate surface area is 191 Å². The van der Waals surface area contributed by atoms with Gasteiger partial charge in [-0.3, -0.25) is 14.7 Å². The van der Waals surface area contributed by atoms with Gasteiger partial charge in [0.05, 0.1) is 4.92 Å². The van der Waals surface area contributed by atoms with E-state index in [1.165, 1.54) is 50.7 Å². The molecule has 0 radical (unpaired) electrons. The third-order valence-corrected chi connectivity index (χ3v) is 6.42. The Morgan fingerprint density at radius 3 is 1.97 bits per heavy atom. The molecule has 0 atom stereocenters. The van der Waals surface area contributed by atoms with E-state index in [2.05, 4.69) is 12.2 Å². The maximum atomic E-state index is 11.9. The highest BCUT2D eigenvalue weighted by Gasteiger charge is 2.28. The lowest BCUT2D eigenvalue weighted by atomic mass is 10.0. The van der Waals surface area contributed by atoms with Crippen molar-refractivity contribution in [3.63, 3.8) is 0 Å². The minimum absolute atomic E-state index is 0.201. The SMILES string of the molecule is CCCCCCCCCCCCc1ccc(S(=O)(=O)O)c(Nc2ccccc2)c1[N+](=O)[O-]. The van der Waals surface area contributed by atoms with E-state index in [1.807, 2.05) is 0 Å². The summed E-state index contributed by atoms with van der Waals surface area (Å²) in [6, 6.07) is 11.3. The first-order valence-electron chi connectivity index (χ1n) is 11.4. The van der Waals surface area contributed by atoms with Crippen molar-refractivity contribution >= 4 is 27.2 Å². The number of anilines is 2. The average molecular weight is 463 g/mol. The van der Waals surface area contributed by atoms with Crippen molar-refractivity contribution in [1.29, 1.82) is 0 Å². The van der Waals surface area contributed by atoms with Gasteiger partial charge in [-0.05, 0) is 31.0 Å². The second kappa shape index (κ2) is 13.2. The molecule has 0 aliphatic rings. The summed E-state index contributed by atoms with van der Waals surface area (Å²) in [5.74, 6) is 0. The standard InChI is InChI=1S/C24H34N2O5S/c1-2-3-4-5-6-7-8-9-10-12-15-20-18-19-22(32(29,30)31)23(24(20)26(27)28)25-21-16-13-11-14-17-21/h11,13-14,16-19,25H,2-10,12,15H2,1H3,(H,29,30,31). The fraction of sp³-hybridized carbons (Fsp3) is 0.500. The molecule has 176 valence electrons. The molecule has 0 aliphatic heterocycles. The van der Waals surface area contributed by atoms with Crippen molar-refractivity contribution in [3.05, 3.63) is 58.1 Å². The van der Waals surface area contributed by atoms with Crippen molar-refractivity contribution in [2.24, 2.45) is 0 Å². The highest BCUT2D eigenvalue weighted by atomic mass is 32.2. The van der Waals surface area contributed by atoms with Crippen molar-refractivity contribution in [2.45, 2.75) is 82.4 Å². The van der Waals surface area contributed by atoms with Crippen LogP contribution in [-0.4, -0.2) is 17.9 Å². The molecule has 0 aromatic heterocycles. The molecule has 0 fully saturated rings. The van der Waals surface area contributed by atoms with Crippen LogP contribution in [0.3, 0.4) is 0 Å². The fourth-order valence-corrected chi connectivity index (χ4v) is 4.48. The Balaban J connectivity index is 2.06. The topological polar surface area (TPSA) is 110 Å². The summed E-state index contributed by atoms with van der Waals surface area (Å²) < 4.78 is 33.4. The summed E-state index contributed by atoms with van der Waals surface area (Å²) in [6.07, 6.45) is 12.1. The number of aryl methyl sites for hydroxylation is 1. The van der Waals surface area contributed by atoms with Gasteiger partial charge < -0.3 is 5.32 Å². The van der Waals surface area contributed by atoms with Gasteiger partial charge in [-0.15, -0.1) is 0 Å². The molecule has 2 aromatic rings. The fourth-order valence-electron chi connectivity index (χ4n) is 3.83. The van der Waals surface area contributed by atoms with E-state index in [4.69, 9.17) is 0 Å². The molecule has 0 amide bonds. The largest absolute Gasteiger partial charge is 0.349 e. The number of para-hydroxylation sites is 1.